The first-order valence-electron chi connectivity index (χ1n) is 6.81. The first-order chi connectivity index (χ1) is 10.4. The van der Waals surface area contributed by atoms with Crippen molar-refractivity contribution in [1.29, 1.82) is 0 Å². The summed E-state index contributed by atoms with van der Waals surface area (Å²) in [6.45, 7) is 0. The van der Waals surface area contributed by atoms with Crippen LogP contribution in [-0.2, 0) is 11.5 Å². The minimum absolute atomic E-state index is 0.962. The van der Waals surface area contributed by atoms with Gasteiger partial charge in [-0.25, -0.2) is 9.97 Å². The summed E-state index contributed by atoms with van der Waals surface area (Å²) >= 11 is 1.90. The molecule has 0 aliphatic heterocycles. The Labute approximate surface area is 126 Å². The molecule has 0 aliphatic carbocycles. The molecule has 5 heteroatoms. The van der Waals surface area contributed by atoms with Gasteiger partial charge in [0.15, 0.2) is 0 Å². The highest BCUT2D eigenvalue weighted by Crippen LogP contribution is 2.26. The normalized spacial score (nSPS) is 11.4. The van der Waals surface area contributed by atoms with Gasteiger partial charge >= 0.3 is 0 Å². The van der Waals surface area contributed by atoms with Crippen LogP contribution < -0.4 is 0 Å². The second-order valence-electron chi connectivity index (χ2n) is 4.92. The molecule has 0 aliphatic rings. The van der Waals surface area contributed by atoms with E-state index in [4.69, 9.17) is 0 Å². The van der Waals surface area contributed by atoms with E-state index in [1.807, 2.05) is 36.3 Å². The number of nitrogens with zero attached hydrogens (tertiary/aromatic N) is 2. The van der Waals surface area contributed by atoms with E-state index in [-0.39, 0.29) is 0 Å². The molecule has 4 aromatic rings. The predicted octanol–water partition coefficient (Wildman–Crippen LogP) is 3.87. The first-order valence-corrected chi connectivity index (χ1v) is 7.97. The van der Waals surface area contributed by atoms with E-state index < -0.39 is 0 Å². The predicted molar refractivity (Wildman–Crippen MR) is 87.2 cm³/mol. The molecule has 21 heavy (non-hydrogen) atoms. The summed E-state index contributed by atoms with van der Waals surface area (Å²) < 4.78 is 0. The van der Waals surface area contributed by atoms with Gasteiger partial charge in [-0.15, -0.1) is 0 Å². The lowest BCUT2D eigenvalue weighted by atomic mass is 10.2. The maximum Gasteiger partial charge on any atom is 0.137 e. The Kier molecular flexibility index (Phi) is 3.12. The van der Waals surface area contributed by atoms with Crippen LogP contribution in [0, 0.1) is 0 Å². The van der Waals surface area contributed by atoms with Crippen LogP contribution in [0.1, 0.15) is 11.1 Å². The highest BCUT2D eigenvalue weighted by atomic mass is 32.2. The topological polar surface area (TPSA) is 57.4 Å². The van der Waals surface area contributed by atoms with Crippen molar-refractivity contribution in [3.05, 3.63) is 60.2 Å². The second-order valence-corrected chi connectivity index (χ2v) is 5.91. The molecule has 0 unspecified atom stereocenters. The molecular formula is C16H14N4S. The highest BCUT2D eigenvalue weighted by Gasteiger charge is 2.06. The molecule has 0 bridgehead atoms. The van der Waals surface area contributed by atoms with Crippen LogP contribution in [0.4, 0.5) is 0 Å². The van der Waals surface area contributed by atoms with Crippen molar-refractivity contribution in [1.82, 2.24) is 19.9 Å². The Bertz CT molecular complexity index is 819. The number of thioether (sulfide) groups is 1. The smallest absolute Gasteiger partial charge is 0.137 e. The lowest BCUT2D eigenvalue weighted by molar-refractivity contribution is 1.31. The van der Waals surface area contributed by atoms with Gasteiger partial charge in [0.05, 0.1) is 0 Å². The number of aromatic amines is 2. The third-order valence-electron chi connectivity index (χ3n) is 3.59. The van der Waals surface area contributed by atoms with Crippen LogP contribution in [0.25, 0.3) is 22.1 Å². The Morgan fingerprint density at radius 3 is 1.86 bits per heavy atom. The van der Waals surface area contributed by atoms with E-state index in [0.29, 0.717) is 0 Å². The Balaban J connectivity index is 1.50. The van der Waals surface area contributed by atoms with Crippen molar-refractivity contribution in [2.45, 2.75) is 11.5 Å². The molecule has 0 aromatic carbocycles. The molecule has 0 saturated heterocycles. The number of hydrogen-bond acceptors (Lipinski definition) is 3. The number of H-pyrrole nitrogens is 2. The third kappa shape index (κ3) is 2.29. The van der Waals surface area contributed by atoms with Gasteiger partial charge in [-0.2, -0.15) is 11.8 Å². The molecule has 0 spiro atoms. The van der Waals surface area contributed by atoms with E-state index in [1.165, 1.54) is 21.9 Å². The fourth-order valence-corrected chi connectivity index (χ4v) is 3.55. The zero-order valence-corrected chi connectivity index (χ0v) is 12.2. The SMILES string of the molecule is c1cnc2[nH]cc(CSCc3c[nH]c4ncccc34)c2c1. The fourth-order valence-electron chi connectivity index (χ4n) is 2.54. The summed E-state index contributed by atoms with van der Waals surface area (Å²) in [5.74, 6) is 1.94. The van der Waals surface area contributed by atoms with E-state index in [9.17, 15) is 0 Å². The quantitative estimate of drug-likeness (QED) is 0.600. The molecule has 0 fully saturated rings. The van der Waals surface area contributed by atoms with Crippen LogP contribution in [0.15, 0.2) is 49.1 Å². The maximum absolute atomic E-state index is 4.32. The average Bonchev–Trinajstić information content (AvgIpc) is 3.13. The largest absolute Gasteiger partial charge is 0.346 e. The van der Waals surface area contributed by atoms with Gasteiger partial charge in [0, 0.05) is 47.1 Å². The van der Waals surface area contributed by atoms with Gasteiger partial charge < -0.3 is 9.97 Å². The second kappa shape index (κ2) is 5.26. The van der Waals surface area contributed by atoms with Crippen molar-refractivity contribution < 1.29 is 0 Å². The van der Waals surface area contributed by atoms with E-state index in [1.54, 1.807) is 0 Å². The number of hydrogen-bond donors (Lipinski definition) is 2. The maximum atomic E-state index is 4.32. The lowest BCUT2D eigenvalue weighted by Gasteiger charge is -2.00. The van der Waals surface area contributed by atoms with Gasteiger partial charge in [-0.3, -0.25) is 0 Å². The van der Waals surface area contributed by atoms with Gasteiger partial charge in [-0.05, 0) is 35.4 Å². The molecule has 4 nitrogen and oxygen atoms in total. The molecule has 4 aromatic heterocycles. The van der Waals surface area contributed by atoms with Crippen molar-refractivity contribution in [2.75, 3.05) is 0 Å². The van der Waals surface area contributed by atoms with Gasteiger partial charge in [-0.1, -0.05) is 0 Å². The van der Waals surface area contributed by atoms with Crippen LogP contribution in [0.2, 0.25) is 0 Å². The van der Waals surface area contributed by atoms with E-state index in [0.717, 1.165) is 22.8 Å². The molecule has 4 rings (SSSR count). The van der Waals surface area contributed by atoms with Crippen molar-refractivity contribution in [3.63, 3.8) is 0 Å². The minimum Gasteiger partial charge on any atom is -0.346 e. The Morgan fingerprint density at radius 1 is 0.810 bits per heavy atom. The Hall–Kier alpha value is -2.27. The van der Waals surface area contributed by atoms with Crippen LogP contribution >= 0.6 is 11.8 Å². The molecule has 0 amide bonds. The lowest BCUT2D eigenvalue weighted by Crippen LogP contribution is -1.82. The molecule has 0 radical (unpaired) electrons. The van der Waals surface area contributed by atoms with Crippen LogP contribution in [0.3, 0.4) is 0 Å². The number of rotatable bonds is 4. The molecule has 104 valence electrons. The molecule has 4 heterocycles. The van der Waals surface area contributed by atoms with Crippen LogP contribution in [-0.4, -0.2) is 19.9 Å². The first kappa shape index (κ1) is 12.5. The number of pyridine rings is 2. The summed E-state index contributed by atoms with van der Waals surface area (Å²) in [4.78, 5) is 15.1. The molecule has 0 saturated carbocycles. The van der Waals surface area contributed by atoms with E-state index in [2.05, 4.69) is 44.5 Å². The summed E-state index contributed by atoms with van der Waals surface area (Å²) in [7, 11) is 0. The van der Waals surface area contributed by atoms with E-state index >= 15 is 0 Å². The summed E-state index contributed by atoms with van der Waals surface area (Å²) in [6, 6.07) is 8.19. The Morgan fingerprint density at radius 2 is 1.33 bits per heavy atom. The fraction of sp³-hybridized carbons (Fsp3) is 0.125. The summed E-state index contributed by atoms with van der Waals surface area (Å²) in [5.41, 5.74) is 4.54. The van der Waals surface area contributed by atoms with Gasteiger partial charge in [0.2, 0.25) is 0 Å². The number of nitrogens with one attached hydrogen (secondary N) is 2. The van der Waals surface area contributed by atoms with Crippen molar-refractivity contribution in [2.24, 2.45) is 0 Å². The van der Waals surface area contributed by atoms with Crippen molar-refractivity contribution >= 4 is 33.8 Å². The van der Waals surface area contributed by atoms with Crippen molar-refractivity contribution in [3.8, 4) is 0 Å². The zero-order valence-electron chi connectivity index (χ0n) is 11.3. The van der Waals surface area contributed by atoms with Gasteiger partial charge in [0.1, 0.15) is 11.3 Å². The monoisotopic (exact) mass is 294 g/mol. The zero-order chi connectivity index (χ0) is 14.1. The van der Waals surface area contributed by atoms with Gasteiger partial charge in [0.25, 0.3) is 0 Å². The minimum atomic E-state index is 0.962. The summed E-state index contributed by atoms with van der Waals surface area (Å²) in [6.07, 6.45) is 7.74. The molecule has 2 N–H and O–H groups in total. The molecular weight excluding hydrogens is 280 g/mol. The standard InChI is InChI=1S/C16H14N4S/c1-3-13-11(7-19-15(13)17-5-1)9-21-10-12-8-20-16-14(12)4-2-6-18-16/h1-8H,9-10H2,(H,17,19)(H,18,20). The number of fused-ring (bicyclic) bond motifs is 2. The van der Waals surface area contributed by atoms with Crippen LogP contribution in [0.5, 0.6) is 0 Å². The third-order valence-corrected chi connectivity index (χ3v) is 4.62. The molecule has 0 atom stereocenters. The highest BCUT2D eigenvalue weighted by molar-refractivity contribution is 7.97. The number of aromatic nitrogens is 4. The average molecular weight is 294 g/mol. The summed E-state index contributed by atoms with van der Waals surface area (Å²) in [5, 5.41) is 2.43.